The van der Waals surface area contributed by atoms with Crippen LogP contribution >= 0.6 is 11.3 Å². The summed E-state index contributed by atoms with van der Waals surface area (Å²) in [4.78, 5) is 15.8. The molecule has 2 unspecified atom stereocenters. The van der Waals surface area contributed by atoms with Crippen molar-refractivity contribution in [2.24, 2.45) is 5.92 Å². The van der Waals surface area contributed by atoms with Gasteiger partial charge in [-0.05, 0) is 71.6 Å². The van der Waals surface area contributed by atoms with Crippen molar-refractivity contribution in [1.82, 2.24) is 19.5 Å². The van der Waals surface area contributed by atoms with Gasteiger partial charge in [0, 0.05) is 69.9 Å². The fourth-order valence-corrected chi connectivity index (χ4v) is 11.0. The molecule has 4 aromatic heterocycles. The Labute approximate surface area is 372 Å². The molecule has 8 aromatic carbocycles. The highest BCUT2D eigenvalue weighted by molar-refractivity contribution is 7.25. The standard InChI is InChI=1S/C58H38N4OS/c1-35-16-8-9-21-40(35)48-31-39(58-60-56(37-19-6-3-7-20-37)59-57(61-58)38-28-29-43-42-23-11-14-26-51(42)63-52(43)32-38)30-45(36-17-4-2-5-18-36)55(48)62-49-25-13-10-22-41(49)46-33-47-44-24-12-15-27-53(44)64-54(47)34-50(46)62/h2-35,40H,1H3. The van der Waals surface area contributed by atoms with Crippen molar-refractivity contribution in [2.45, 2.75) is 12.8 Å². The topological polar surface area (TPSA) is 56.7 Å². The van der Waals surface area contributed by atoms with E-state index in [-0.39, 0.29) is 11.8 Å². The van der Waals surface area contributed by atoms with Crippen LogP contribution < -0.4 is 0 Å². The lowest BCUT2D eigenvalue weighted by Gasteiger charge is -2.27. The Morgan fingerprint density at radius 1 is 0.453 bits per heavy atom. The third-order valence-corrected chi connectivity index (χ3v) is 14.1. The highest BCUT2D eigenvalue weighted by atomic mass is 32.1. The molecule has 0 fully saturated rings. The maximum absolute atomic E-state index is 6.37. The molecule has 6 heteroatoms. The highest BCUT2D eigenvalue weighted by Crippen LogP contribution is 2.47. The monoisotopic (exact) mass is 838 g/mol. The molecular formula is C58H38N4OS. The fourth-order valence-electron chi connectivity index (χ4n) is 9.88. The summed E-state index contributed by atoms with van der Waals surface area (Å²) in [6.07, 6.45) is 9.04. The molecule has 12 aromatic rings. The van der Waals surface area contributed by atoms with Crippen molar-refractivity contribution < 1.29 is 4.42 Å². The van der Waals surface area contributed by atoms with Gasteiger partial charge < -0.3 is 8.98 Å². The van der Waals surface area contributed by atoms with Gasteiger partial charge in [-0.3, -0.25) is 0 Å². The third-order valence-electron chi connectivity index (χ3n) is 13.0. The van der Waals surface area contributed by atoms with Crippen LogP contribution in [-0.4, -0.2) is 19.5 Å². The van der Waals surface area contributed by atoms with E-state index in [1.807, 2.05) is 47.7 Å². The molecule has 0 aliphatic heterocycles. The maximum Gasteiger partial charge on any atom is 0.164 e. The predicted molar refractivity (Wildman–Crippen MR) is 266 cm³/mol. The summed E-state index contributed by atoms with van der Waals surface area (Å²) >= 11 is 1.86. The molecular weight excluding hydrogens is 801 g/mol. The summed E-state index contributed by atoms with van der Waals surface area (Å²) in [6.45, 7) is 2.32. The number of hydrogen-bond acceptors (Lipinski definition) is 5. The second kappa shape index (κ2) is 14.6. The molecule has 0 N–H and O–H groups in total. The van der Waals surface area contributed by atoms with Gasteiger partial charge in [-0.2, -0.15) is 0 Å². The lowest BCUT2D eigenvalue weighted by atomic mass is 9.81. The number of aromatic nitrogens is 4. The van der Waals surface area contributed by atoms with Crippen LogP contribution in [0, 0.1) is 5.92 Å². The molecule has 302 valence electrons. The Morgan fingerprint density at radius 2 is 1.11 bits per heavy atom. The fraction of sp³-hybridized carbons (Fsp3) is 0.0517. The van der Waals surface area contributed by atoms with Crippen molar-refractivity contribution in [2.75, 3.05) is 0 Å². The molecule has 0 amide bonds. The van der Waals surface area contributed by atoms with Crippen molar-refractivity contribution in [1.29, 1.82) is 0 Å². The van der Waals surface area contributed by atoms with E-state index in [0.717, 1.165) is 55.4 Å². The minimum Gasteiger partial charge on any atom is -0.456 e. The smallest absolute Gasteiger partial charge is 0.164 e. The lowest BCUT2D eigenvalue weighted by Crippen LogP contribution is -2.13. The summed E-state index contributed by atoms with van der Waals surface area (Å²) in [5.74, 6) is 2.10. The number of hydrogen-bond donors (Lipinski definition) is 0. The van der Waals surface area contributed by atoms with Crippen molar-refractivity contribution in [3.8, 4) is 51.0 Å². The molecule has 5 nitrogen and oxygen atoms in total. The van der Waals surface area contributed by atoms with Crippen LogP contribution in [0.5, 0.6) is 0 Å². The second-order valence-electron chi connectivity index (χ2n) is 16.8. The Balaban J connectivity index is 1.11. The number of fused-ring (bicyclic) bond motifs is 9. The third kappa shape index (κ3) is 5.87. The van der Waals surface area contributed by atoms with Crippen LogP contribution in [0.25, 0.3) is 115 Å². The van der Waals surface area contributed by atoms with Gasteiger partial charge in [-0.15, -0.1) is 11.3 Å². The van der Waals surface area contributed by atoms with E-state index in [9.17, 15) is 0 Å². The van der Waals surface area contributed by atoms with E-state index in [1.54, 1.807) is 0 Å². The lowest BCUT2D eigenvalue weighted by molar-refractivity contribution is 0.633. The van der Waals surface area contributed by atoms with E-state index in [1.165, 1.54) is 47.5 Å². The van der Waals surface area contributed by atoms with E-state index < -0.39 is 0 Å². The summed E-state index contributed by atoms with van der Waals surface area (Å²) in [5, 5.41) is 7.21. The van der Waals surface area contributed by atoms with Gasteiger partial charge in [0.1, 0.15) is 11.2 Å². The molecule has 0 radical (unpaired) electrons. The molecule has 0 saturated carbocycles. The quantitative estimate of drug-likeness (QED) is 0.167. The maximum atomic E-state index is 6.37. The molecule has 13 rings (SSSR count). The van der Waals surface area contributed by atoms with Crippen LogP contribution in [0.1, 0.15) is 18.4 Å². The number of furan rings is 1. The highest BCUT2D eigenvalue weighted by Gasteiger charge is 2.28. The second-order valence-corrected chi connectivity index (χ2v) is 17.9. The number of benzene rings is 8. The van der Waals surface area contributed by atoms with Gasteiger partial charge in [0.2, 0.25) is 0 Å². The van der Waals surface area contributed by atoms with Crippen molar-refractivity contribution >= 4 is 75.3 Å². The average Bonchev–Trinajstić information content (AvgIpc) is 4.02. The summed E-state index contributed by atoms with van der Waals surface area (Å²) in [5.41, 5.74) is 11.3. The first-order valence-electron chi connectivity index (χ1n) is 21.8. The molecule has 2 atom stereocenters. The first kappa shape index (κ1) is 36.7. The minimum absolute atomic E-state index is 0.0667. The van der Waals surface area contributed by atoms with Gasteiger partial charge >= 0.3 is 0 Å². The Morgan fingerprint density at radius 3 is 1.92 bits per heavy atom. The van der Waals surface area contributed by atoms with E-state index in [4.69, 9.17) is 19.4 Å². The Bertz CT molecular complexity index is 3880. The SMILES string of the molecule is CC1C=CC=CC1c1cc(-c2nc(-c3ccccc3)nc(-c3ccc4c(c3)oc3ccccc34)n2)cc(-c2ccccc2)c1-n1c2ccccc2c2cc3c(cc21)sc1ccccc13. The average molecular weight is 839 g/mol. The largest absolute Gasteiger partial charge is 0.456 e. The number of allylic oxidation sites excluding steroid dienone is 4. The molecule has 0 spiro atoms. The van der Waals surface area contributed by atoms with Crippen LogP contribution in [0.4, 0.5) is 0 Å². The predicted octanol–water partition coefficient (Wildman–Crippen LogP) is 15.7. The first-order chi connectivity index (χ1) is 31.6. The van der Waals surface area contributed by atoms with E-state index >= 15 is 0 Å². The molecule has 1 aliphatic rings. The van der Waals surface area contributed by atoms with Gasteiger partial charge in [0.15, 0.2) is 17.5 Å². The molecule has 64 heavy (non-hydrogen) atoms. The van der Waals surface area contributed by atoms with E-state index in [0.29, 0.717) is 17.5 Å². The Kier molecular flexibility index (Phi) is 8.36. The van der Waals surface area contributed by atoms with Gasteiger partial charge in [-0.25, -0.2) is 15.0 Å². The molecule has 1 aliphatic carbocycles. The van der Waals surface area contributed by atoms with Crippen molar-refractivity contribution in [3.63, 3.8) is 0 Å². The number of thiophene rings is 1. The zero-order valence-corrected chi connectivity index (χ0v) is 35.6. The van der Waals surface area contributed by atoms with Crippen molar-refractivity contribution in [3.05, 3.63) is 206 Å². The zero-order valence-electron chi connectivity index (χ0n) is 34.8. The normalized spacial score (nSPS) is 15.1. The van der Waals surface area contributed by atoms with Gasteiger partial charge in [0.25, 0.3) is 0 Å². The molecule has 0 bridgehead atoms. The van der Waals surface area contributed by atoms with Crippen LogP contribution in [0.3, 0.4) is 0 Å². The van der Waals surface area contributed by atoms with E-state index in [2.05, 4.69) is 175 Å². The number of rotatable bonds is 6. The van der Waals surface area contributed by atoms with Gasteiger partial charge in [-0.1, -0.05) is 153 Å². The van der Waals surface area contributed by atoms with Crippen LogP contribution in [0.2, 0.25) is 0 Å². The summed E-state index contributed by atoms with van der Waals surface area (Å²) in [7, 11) is 0. The molecule has 4 heterocycles. The number of nitrogens with zero attached hydrogens (tertiary/aromatic N) is 4. The Hall–Kier alpha value is -7.93. The van der Waals surface area contributed by atoms with Crippen LogP contribution in [-0.2, 0) is 0 Å². The van der Waals surface area contributed by atoms with Gasteiger partial charge in [0.05, 0.1) is 16.7 Å². The first-order valence-corrected chi connectivity index (χ1v) is 22.6. The number of para-hydroxylation sites is 2. The summed E-state index contributed by atoms with van der Waals surface area (Å²) < 4.78 is 11.5. The van der Waals surface area contributed by atoms with Crippen LogP contribution in [0.15, 0.2) is 205 Å². The summed E-state index contributed by atoms with van der Waals surface area (Å²) in [6, 6.07) is 62.6. The zero-order chi connectivity index (χ0) is 42.3. The molecule has 0 saturated heterocycles. The minimum atomic E-state index is 0.0667.